The second-order valence-electron chi connectivity index (χ2n) is 4.08. The number of non-ortho nitro benzene ring substituents is 1. The Balaban J connectivity index is 2.11. The Bertz CT molecular complexity index is 697. The fourth-order valence-corrected chi connectivity index (χ4v) is 1.80. The molecule has 2 rings (SSSR count). The molecule has 0 spiro atoms. The summed E-state index contributed by atoms with van der Waals surface area (Å²) in [4.78, 5) is 21.6. The van der Waals surface area contributed by atoms with Gasteiger partial charge in [0.2, 0.25) is 0 Å². The Labute approximate surface area is 119 Å². The first-order valence-electron chi connectivity index (χ1n) is 5.68. The van der Waals surface area contributed by atoms with Crippen LogP contribution in [0.4, 0.5) is 11.4 Å². The number of nitro benzene ring substituents is 1. The van der Waals surface area contributed by atoms with Crippen molar-refractivity contribution in [3.63, 3.8) is 0 Å². The minimum Gasteiger partial charge on any atom is -0.378 e. The lowest BCUT2D eigenvalue weighted by atomic mass is 10.2. The highest BCUT2D eigenvalue weighted by Gasteiger charge is 2.08. The molecule has 1 aromatic heterocycles. The van der Waals surface area contributed by atoms with E-state index >= 15 is 0 Å². The molecule has 0 atom stereocenters. The quantitative estimate of drug-likeness (QED) is 0.687. The van der Waals surface area contributed by atoms with Gasteiger partial charge in [0.15, 0.2) is 0 Å². The van der Waals surface area contributed by atoms with Crippen LogP contribution in [0.25, 0.3) is 0 Å². The van der Waals surface area contributed by atoms with Crippen molar-refractivity contribution in [2.45, 2.75) is 6.54 Å². The monoisotopic (exact) mass is 294 g/mol. The first-order chi connectivity index (χ1) is 9.49. The van der Waals surface area contributed by atoms with Crippen molar-refractivity contribution in [3.8, 4) is 0 Å². The molecule has 0 radical (unpaired) electrons. The van der Waals surface area contributed by atoms with Crippen LogP contribution in [-0.2, 0) is 13.6 Å². The van der Waals surface area contributed by atoms with Gasteiger partial charge in [-0.2, -0.15) is 5.10 Å². The molecule has 0 saturated carbocycles. The average molecular weight is 295 g/mol. The van der Waals surface area contributed by atoms with E-state index in [1.165, 1.54) is 25.4 Å². The van der Waals surface area contributed by atoms with Crippen molar-refractivity contribution in [1.82, 2.24) is 9.78 Å². The van der Waals surface area contributed by atoms with Gasteiger partial charge in [-0.15, -0.1) is 0 Å². The zero-order chi connectivity index (χ0) is 14.7. The van der Waals surface area contributed by atoms with E-state index in [-0.39, 0.29) is 16.3 Å². The Morgan fingerprint density at radius 2 is 2.05 bits per heavy atom. The molecular weight excluding hydrogens is 284 g/mol. The smallest absolute Gasteiger partial charge is 0.287 e. The molecule has 0 aliphatic carbocycles. The molecule has 104 valence electrons. The molecule has 0 aliphatic rings. The summed E-state index contributed by atoms with van der Waals surface area (Å²) in [5, 5.41) is 17.4. The molecule has 0 saturated heterocycles. The number of anilines is 1. The molecule has 0 aliphatic heterocycles. The topological polar surface area (TPSA) is 90.1 Å². The van der Waals surface area contributed by atoms with Crippen molar-refractivity contribution in [2.24, 2.45) is 7.05 Å². The number of aryl methyl sites for hydroxylation is 1. The summed E-state index contributed by atoms with van der Waals surface area (Å²) < 4.78 is 1.14. The van der Waals surface area contributed by atoms with E-state index in [0.29, 0.717) is 12.2 Å². The molecule has 0 unspecified atom stereocenters. The molecule has 1 heterocycles. The molecule has 7 nitrogen and oxygen atoms in total. The number of hydrogen-bond acceptors (Lipinski definition) is 5. The van der Waals surface area contributed by atoms with E-state index in [4.69, 9.17) is 11.6 Å². The minimum atomic E-state index is -0.459. The molecule has 0 fully saturated rings. The maximum atomic E-state index is 11.6. The Morgan fingerprint density at radius 3 is 2.65 bits per heavy atom. The highest BCUT2D eigenvalue weighted by molar-refractivity contribution is 6.32. The molecule has 1 N–H and O–H groups in total. The molecule has 0 bridgehead atoms. The lowest BCUT2D eigenvalue weighted by Crippen LogP contribution is -2.21. The number of halogens is 1. The number of rotatable bonds is 4. The van der Waals surface area contributed by atoms with Gasteiger partial charge in [-0.1, -0.05) is 23.7 Å². The fraction of sp³-hybridized carbons (Fsp3) is 0.167. The Kier molecular flexibility index (Phi) is 3.99. The van der Waals surface area contributed by atoms with Crippen LogP contribution in [-0.4, -0.2) is 14.7 Å². The maximum absolute atomic E-state index is 11.6. The first kappa shape index (κ1) is 14.0. The van der Waals surface area contributed by atoms with E-state index in [0.717, 1.165) is 10.2 Å². The SMILES string of the molecule is Cn1ncc(NCc2ccc([N+](=O)[O-])cc2)c(Cl)c1=O. The van der Waals surface area contributed by atoms with Crippen molar-refractivity contribution in [1.29, 1.82) is 0 Å². The van der Waals surface area contributed by atoms with Crippen LogP contribution in [0.1, 0.15) is 5.56 Å². The zero-order valence-corrected chi connectivity index (χ0v) is 11.3. The number of nitrogens with one attached hydrogen (secondary N) is 1. The van der Waals surface area contributed by atoms with Gasteiger partial charge >= 0.3 is 0 Å². The summed E-state index contributed by atoms with van der Waals surface area (Å²) >= 11 is 5.91. The average Bonchev–Trinajstić information content (AvgIpc) is 2.44. The number of nitrogens with zero attached hydrogens (tertiary/aromatic N) is 3. The third-order valence-corrected chi connectivity index (χ3v) is 3.07. The number of aromatic nitrogens is 2. The highest BCUT2D eigenvalue weighted by Crippen LogP contribution is 2.17. The fourth-order valence-electron chi connectivity index (χ4n) is 1.57. The largest absolute Gasteiger partial charge is 0.378 e. The van der Waals surface area contributed by atoms with Crippen LogP contribution in [0.3, 0.4) is 0 Å². The third kappa shape index (κ3) is 2.94. The van der Waals surface area contributed by atoms with Crippen LogP contribution in [0.15, 0.2) is 35.3 Å². The van der Waals surface area contributed by atoms with E-state index in [1.807, 2.05) is 0 Å². The van der Waals surface area contributed by atoms with Crippen LogP contribution < -0.4 is 10.9 Å². The van der Waals surface area contributed by atoms with Gasteiger partial charge in [0.25, 0.3) is 11.2 Å². The zero-order valence-electron chi connectivity index (χ0n) is 10.5. The van der Waals surface area contributed by atoms with Crippen LogP contribution in [0, 0.1) is 10.1 Å². The maximum Gasteiger partial charge on any atom is 0.287 e. The van der Waals surface area contributed by atoms with Gasteiger partial charge in [-0.05, 0) is 5.56 Å². The minimum absolute atomic E-state index is 0.0297. The molecule has 0 amide bonds. The summed E-state index contributed by atoms with van der Waals surface area (Å²) in [6, 6.07) is 6.10. The van der Waals surface area contributed by atoms with Gasteiger partial charge < -0.3 is 5.32 Å². The summed E-state index contributed by atoms with van der Waals surface area (Å²) in [5.74, 6) is 0. The van der Waals surface area contributed by atoms with Gasteiger partial charge in [0.1, 0.15) is 5.02 Å². The van der Waals surface area contributed by atoms with Crippen molar-refractivity contribution < 1.29 is 4.92 Å². The predicted octanol–water partition coefficient (Wildman–Crippen LogP) is 1.95. The van der Waals surface area contributed by atoms with Gasteiger partial charge in [0, 0.05) is 25.7 Å². The first-order valence-corrected chi connectivity index (χ1v) is 6.06. The second-order valence-corrected chi connectivity index (χ2v) is 4.46. The van der Waals surface area contributed by atoms with E-state index in [9.17, 15) is 14.9 Å². The van der Waals surface area contributed by atoms with Gasteiger partial charge in [-0.3, -0.25) is 14.9 Å². The number of hydrogen-bond donors (Lipinski definition) is 1. The molecule has 8 heteroatoms. The summed E-state index contributed by atoms with van der Waals surface area (Å²) in [5.41, 5.74) is 0.892. The lowest BCUT2D eigenvalue weighted by molar-refractivity contribution is -0.384. The molecular formula is C12H11ClN4O3. The number of benzene rings is 1. The van der Waals surface area contributed by atoms with Crippen molar-refractivity contribution >= 4 is 23.0 Å². The highest BCUT2D eigenvalue weighted by atomic mass is 35.5. The predicted molar refractivity (Wildman–Crippen MR) is 74.9 cm³/mol. The number of nitro groups is 1. The summed E-state index contributed by atoms with van der Waals surface area (Å²) in [6.45, 7) is 0.382. The van der Waals surface area contributed by atoms with Crippen LogP contribution in [0.5, 0.6) is 0 Å². The van der Waals surface area contributed by atoms with Gasteiger partial charge in [0.05, 0.1) is 16.8 Å². The molecule has 2 aromatic rings. The van der Waals surface area contributed by atoms with E-state index in [2.05, 4.69) is 10.4 Å². The van der Waals surface area contributed by atoms with Gasteiger partial charge in [-0.25, -0.2) is 4.68 Å². The summed E-state index contributed by atoms with van der Waals surface area (Å²) in [6.07, 6.45) is 1.45. The molecule has 20 heavy (non-hydrogen) atoms. The van der Waals surface area contributed by atoms with E-state index in [1.54, 1.807) is 12.1 Å². The third-order valence-electron chi connectivity index (χ3n) is 2.71. The van der Waals surface area contributed by atoms with Crippen molar-refractivity contribution in [2.75, 3.05) is 5.32 Å². The normalized spacial score (nSPS) is 10.3. The Hall–Kier alpha value is -2.41. The Morgan fingerprint density at radius 1 is 1.40 bits per heavy atom. The molecule has 1 aromatic carbocycles. The summed E-state index contributed by atoms with van der Waals surface area (Å²) in [7, 11) is 1.51. The standard InChI is InChI=1S/C12H11ClN4O3/c1-16-12(18)11(13)10(7-15-16)14-6-8-2-4-9(5-3-8)17(19)20/h2-5,7,14H,6H2,1H3. The lowest BCUT2D eigenvalue weighted by Gasteiger charge is -2.08. The van der Waals surface area contributed by atoms with Crippen LogP contribution >= 0.6 is 11.6 Å². The van der Waals surface area contributed by atoms with Crippen LogP contribution in [0.2, 0.25) is 5.02 Å². The van der Waals surface area contributed by atoms with E-state index < -0.39 is 4.92 Å². The van der Waals surface area contributed by atoms with Crippen molar-refractivity contribution in [3.05, 3.63) is 61.5 Å². The second kappa shape index (κ2) is 5.70.